The molecule has 0 radical (unpaired) electrons. The molecule has 1 heterocycles. The smallest absolute Gasteiger partial charge is 0.153 e. The Morgan fingerprint density at radius 3 is 2.67 bits per heavy atom. The Balaban J connectivity index is 1.67. The highest BCUT2D eigenvalue weighted by molar-refractivity contribution is 7.91. The van der Waals surface area contributed by atoms with Gasteiger partial charge in [-0.2, -0.15) is 0 Å². The molecular formula is C13H26N2O2S. The maximum absolute atomic E-state index is 11.5. The molecule has 1 N–H and O–H groups in total. The molecule has 106 valence electrons. The van der Waals surface area contributed by atoms with E-state index >= 15 is 0 Å². The van der Waals surface area contributed by atoms with Gasteiger partial charge in [0.2, 0.25) is 0 Å². The molecule has 4 nitrogen and oxygen atoms in total. The summed E-state index contributed by atoms with van der Waals surface area (Å²) in [6.45, 7) is 2.81. The molecule has 2 rings (SSSR count). The van der Waals surface area contributed by atoms with Gasteiger partial charge in [0.05, 0.1) is 11.5 Å². The highest BCUT2D eigenvalue weighted by atomic mass is 32.2. The van der Waals surface area contributed by atoms with Gasteiger partial charge in [0.25, 0.3) is 0 Å². The number of sulfone groups is 1. The molecule has 1 saturated carbocycles. The zero-order chi connectivity index (χ0) is 13.0. The summed E-state index contributed by atoms with van der Waals surface area (Å²) in [4.78, 5) is 2.37. The molecule has 0 bridgehead atoms. The summed E-state index contributed by atoms with van der Waals surface area (Å²) in [5, 5.41) is 3.32. The Bertz CT molecular complexity index is 350. The Labute approximate surface area is 111 Å². The topological polar surface area (TPSA) is 49.4 Å². The molecule has 0 aromatic rings. The van der Waals surface area contributed by atoms with Gasteiger partial charge in [-0.3, -0.25) is 0 Å². The Hall–Kier alpha value is -0.130. The van der Waals surface area contributed by atoms with Crippen LogP contribution in [0.2, 0.25) is 0 Å². The van der Waals surface area contributed by atoms with Crippen LogP contribution < -0.4 is 5.32 Å². The van der Waals surface area contributed by atoms with E-state index < -0.39 is 9.84 Å². The number of nitrogens with zero attached hydrogens (tertiary/aromatic N) is 1. The summed E-state index contributed by atoms with van der Waals surface area (Å²) in [6, 6.07) is 0.162. The largest absolute Gasteiger partial charge is 0.312 e. The molecule has 18 heavy (non-hydrogen) atoms. The fourth-order valence-electron chi connectivity index (χ4n) is 3.15. The monoisotopic (exact) mass is 274 g/mol. The molecular weight excluding hydrogens is 248 g/mol. The number of hydrogen-bond acceptors (Lipinski definition) is 4. The highest BCUT2D eigenvalue weighted by Crippen LogP contribution is 2.25. The van der Waals surface area contributed by atoms with Crippen LogP contribution in [0.15, 0.2) is 0 Å². The lowest BCUT2D eigenvalue weighted by Crippen LogP contribution is -2.46. The van der Waals surface area contributed by atoms with E-state index in [1.54, 1.807) is 0 Å². The highest BCUT2D eigenvalue weighted by Gasteiger charge is 2.24. The van der Waals surface area contributed by atoms with Gasteiger partial charge < -0.3 is 10.2 Å². The summed E-state index contributed by atoms with van der Waals surface area (Å²) in [5.41, 5.74) is 0. The standard InChI is InChI=1S/C13H26N2O2S/c1-15(10-12-4-2-3-5-12)8-6-13-11-18(16,17)9-7-14-13/h12-14H,2-11H2,1H3. The first-order valence-corrected chi connectivity index (χ1v) is 9.00. The van der Waals surface area contributed by atoms with Crippen molar-refractivity contribution in [3.05, 3.63) is 0 Å². The minimum atomic E-state index is -2.78. The third-order valence-corrected chi connectivity index (χ3v) is 5.94. The van der Waals surface area contributed by atoms with Crippen molar-refractivity contribution < 1.29 is 8.42 Å². The maximum Gasteiger partial charge on any atom is 0.153 e. The van der Waals surface area contributed by atoms with E-state index in [9.17, 15) is 8.42 Å². The molecule has 0 amide bonds. The second-order valence-electron chi connectivity index (χ2n) is 5.97. The van der Waals surface area contributed by atoms with E-state index in [0.29, 0.717) is 18.1 Å². The average Bonchev–Trinajstić information content (AvgIpc) is 2.78. The van der Waals surface area contributed by atoms with Crippen molar-refractivity contribution in [2.24, 2.45) is 5.92 Å². The SMILES string of the molecule is CN(CCC1CS(=O)(=O)CCN1)CC1CCCC1. The molecule has 1 aliphatic heterocycles. The number of rotatable bonds is 5. The molecule has 1 saturated heterocycles. The third-order valence-electron chi connectivity index (χ3n) is 4.21. The third kappa shape index (κ3) is 4.52. The molecule has 2 aliphatic rings. The minimum absolute atomic E-state index is 0.162. The summed E-state index contributed by atoms with van der Waals surface area (Å²) < 4.78 is 23.1. The van der Waals surface area contributed by atoms with E-state index in [1.807, 2.05) is 0 Å². The second kappa shape index (κ2) is 6.35. The second-order valence-corrected chi connectivity index (χ2v) is 8.20. The van der Waals surface area contributed by atoms with E-state index in [2.05, 4.69) is 17.3 Å². The Morgan fingerprint density at radius 2 is 2.00 bits per heavy atom. The van der Waals surface area contributed by atoms with Crippen LogP contribution in [-0.2, 0) is 9.84 Å². The van der Waals surface area contributed by atoms with Crippen molar-refractivity contribution in [2.75, 3.05) is 38.2 Å². The first-order chi connectivity index (χ1) is 8.55. The predicted octanol–water partition coefficient (Wildman–Crippen LogP) is 0.885. The zero-order valence-electron chi connectivity index (χ0n) is 11.4. The van der Waals surface area contributed by atoms with Crippen LogP contribution in [0, 0.1) is 5.92 Å². The molecule has 2 fully saturated rings. The van der Waals surface area contributed by atoms with Crippen LogP contribution >= 0.6 is 0 Å². The van der Waals surface area contributed by atoms with Crippen LogP contribution in [0.1, 0.15) is 32.1 Å². The van der Waals surface area contributed by atoms with Crippen LogP contribution in [0.25, 0.3) is 0 Å². The van der Waals surface area contributed by atoms with Crippen LogP contribution in [0.4, 0.5) is 0 Å². The van der Waals surface area contributed by atoms with Crippen molar-refractivity contribution in [3.63, 3.8) is 0 Å². The lowest BCUT2D eigenvalue weighted by atomic mass is 10.1. The molecule has 0 spiro atoms. The summed E-state index contributed by atoms with van der Waals surface area (Å²) in [6.07, 6.45) is 6.48. The fourth-order valence-corrected chi connectivity index (χ4v) is 4.65. The van der Waals surface area contributed by atoms with E-state index in [0.717, 1.165) is 18.9 Å². The van der Waals surface area contributed by atoms with Crippen molar-refractivity contribution in [1.82, 2.24) is 10.2 Å². The van der Waals surface area contributed by atoms with Crippen molar-refractivity contribution in [3.8, 4) is 0 Å². The molecule has 0 aromatic carbocycles. The normalized spacial score (nSPS) is 28.9. The van der Waals surface area contributed by atoms with Gasteiger partial charge in [0.15, 0.2) is 9.84 Å². The maximum atomic E-state index is 11.5. The van der Waals surface area contributed by atoms with E-state index in [4.69, 9.17) is 0 Å². The molecule has 1 unspecified atom stereocenters. The number of nitrogens with one attached hydrogen (secondary N) is 1. The van der Waals surface area contributed by atoms with E-state index in [1.165, 1.54) is 32.2 Å². The minimum Gasteiger partial charge on any atom is -0.312 e. The lowest BCUT2D eigenvalue weighted by molar-refractivity contribution is 0.264. The first-order valence-electron chi connectivity index (χ1n) is 7.17. The van der Waals surface area contributed by atoms with Gasteiger partial charge >= 0.3 is 0 Å². The lowest BCUT2D eigenvalue weighted by Gasteiger charge is -2.27. The Kier molecular flexibility index (Phi) is 5.04. The number of hydrogen-bond donors (Lipinski definition) is 1. The van der Waals surface area contributed by atoms with Crippen LogP contribution in [0.5, 0.6) is 0 Å². The molecule has 5 heteroatoms. The quantitative estimate of drug-likeness (QED) is 0.809. The summed E-state index contributed by atoms with van der Waals surface area (Å²) >= 11 is 0. The van der Waals surface area contributed by atoms with E-state index in [-0.39, 0.29) is 6.04 Å². The van der Waals surface area contributed by atoms with Gasteiger partial charge in [-0.1, -0.05) is 12.8 Å². The molecule has 0 aromatic heterocycles. The summed E-state index contributed by atoms with van der Waals surface area (Å²) in [5.74, 6) is 1.50. The average molecular weight is 274 g/mol. The van der Waals surface area contributed by atoms with Crippen LogP contribution in [0.3, 0.4) is 0 Å². The molecule has 1 atom stereocenters. The Morgan fingerprint density at radius 1 is 1.28 bits per heavy atom. The van der Waals surface area contributed by atoms with Gasteiger partial charge in [-0.15, -0.1) is 0 Å². The predicted molar refractivity (Wildman–Crippen MR) is 74.5 cm³/mol. The fraction of sp³-hybridized carbons (Fsp3) is 1.00. The van der Waals surface area contributed by atoms with Crippen molar-refractivity contribution in [2.45, 2.75) is 38.1 Å². The van der Waals surface area contributed by atoms with Crippen molar-refractivity contribution >= 4 is 9.84 Å². The first kappa shape index (κ1) is 14.3. The molecule has 1 aliphatic carbocycles. The van der Waals surface area contributed by atoms with Gasteiger partial charge in [0.1, 0.15) is 0 Å². The summed E-state index contributed by atoms with van der Waals surface area (Å²) in [7, 11) is -0.621. The zero-order valence-corrected chi connectivity index (χ0v) is 12.2. The van der Waals surface area contributed by atoms with Crippen molar-refractivity contribution in [1.29, 1.82) is 0 Å². The van der Waals surface area contributed by atoms with Gasteiger partial charge in [0, 0.05) is 19.1 Å². The van der Waals surface area contributed by atoms with Crippen LogP contribution in [-0.4, -0.2) is 57.5 Å². The van der Waals surface area contributed by atoms with Gasteiger partial charge in [-0.25, -0.2) is 8.42 Å². The van der Waals surface area contributed by atoms with Gasteiger partial charge in [-0.05, 0) is 38.8 Å².